The topological polar surface area (TPSA) is 164 Å². The Kier molecular flexibility index (Phi) is 6.46. The van der Waals surface area contributed by atoms with E-state index in [1.807, 2.05) is 48.5 Å². The van der Waals surface area contributed by atoms with Crippen LogP contribution in [0.25, 0.3) is 21.9 Å². The number of hydrogen-bond donors (Lipinski definition) is 3. The van der Waals surface area contributed by atoms with Gasteiger partial charge in [-0.15, -0.1) is 20.4 Å². The number of nitrogens with zero attached hydrogens (tertiary/aromatic N) is 7. The molecule has 12 heteroatoms. The maximum Gasteiger partial charge on any atom is 0.336 e. The first kappa shape index (κ1) is 24.6. The van der Waals surface area contributed by atoms with E-state index in [1.165, 1.54) is 10.9 Å². The largest absolute Gasteiger partial charge is 0.478 e. The molecule has 0 aliphatic rings. The molecule has 0 aliphatic heterocycles. The zero-order chi connectivity index (χ0) is 27.5. The van der Waals surface area contributed by atoms with Crippen LogP contribution >= 0.6 is 0 Å². The third-order valence-electron chi connectivity index (χ3n) is 6.34. The molecule has 0 radical (unpaired) electrons. The van der Waals surface area contributed by atoms with Gasteiger partial charge in [-0.1, -0.05) is 65.9 Å². The number of rotatable bonds is 8. The van der Waals surface area contributed by atoms with Crippen LogP contribution < -0.4 is 5.32 Å². The lowest BCUT2D eigenvalue weighted by Crippen LogP contribution is -2.13. The molecule has 196 valence electrons. The Labute approximate surface area is 226 Å². The summed E-state index contributed by atoms with van der Waals surface area (Å²) in [7, 11) is 0. The van der Waals surface area contributed by atoms with Crippen LogP contribution in [0.4, 0.5) is 5.69 Å². The number of tetrazole rings is 2. The highest BCUT2D eigenvalue weighted by molar-refractivity contribution is 6.14. The van der Waals surface area contributed by atoms with E-state index in [0.717, 1.165) is 22.1 Å². The Balaban J connectivity index is 1.13. The summed E-state index contributed by atoms with van der Waals surface area (Å²) >= 11 is 0. The molecule has 40 heavy (non-hydrogen) atoms. The Morgan fingerprint density at radius 2 is 1.57 bits per heavy atom. The van der Waals surface area contributed by atoms with Crippen molar-refractivity contribution in [2.24, 2.45) is 0 Å². The number of amides is 1. The molecule has 0 spiro atoms. The zero-order valence-electron chi connectivity index (χ0n) is 20.9. The number of H-pyrrole nitrogens is 1. The smallest absolute Gasteiger partial charge is 0.336 e. The van der Waals surface area contributed by atoms with Gasteiger partial charge < -0.3 is 10.4 Å². The number of carbonyl (C=O) groups excluding carboxylic acids is 1. The van der Waals surface area contributed by atoms with Gasteiger partial charge in [-0.2, -0.15) is 10.0 Å². The number of nitrogens with one attached hydrogen (secondary N) is 2. The number of aromatic carboxylic acids is 1. The van der Waals surface area contributed by atoms with Gasteiger partial charge in [-0.3, -0.25) is 4.79 Å². The minimum absolute atomic E-state index is 0.135. The first-order valence-electron chi connectivity index (χ1n) is 12.3. The fourth-order valence-corrected chi connectivity index (χ4v) is 4.41. The summed E-state index contributed by atoms with van der Waals surface area (Å²) in [5, 5.41) is 39.9. The van der Waals surface area contributed by atoms with E-state index in [9.17, 15) is 14.7 Å². The van der Waals surface area contributed by atoms with Gasteiger partial charge in [0.05, 0.1) is 18.5 Å². The van der Waals surface area contributed by atoms with Crippen molar-refractivity contribution in [3.8, 4) is 11.1 Å². The highest BCUT2D eigenvalue weighted by Gasteiger charge is 2.15. The van der Waals surface area contributed by atoms with Crippen molar-refractivity contribution in [3.05, 3.63) is 113 Å². The summed E-state index contributed by atoms with van der Waals surface area (Å²) in [6.45, 7) is 0.455. The molecule has 3 N–H and O–H groups in total. The number of anilines is 1. The van der Waals surface area contributed by atoms with Crippen molar-refractivity contribution in [1.29, 1.82) is 0 Å². The minimum atomic E-state index is -1.05. The van der Waals surface area contributed by atoms with Crippen LogP contribution in [0.15, 0.2) is 84.9 Å². The first-order chi connectivity index (χ1) is 19.5. The summed E-state index contributed by atoms with van der Waals surface area (Å²) in [4.78, 5) is 26.2. The first-order valence-corrected chi connectivity index (χ1v) is 12.3. The van der Waals surface area contributed by atoms with Crippen molar-refractivity contribution in [2.45, 2.75) is 13.0 Å². The average Bonchev–Trinajstić information content (AvgIpc) is 3.66. The fourth-order valence-electron chi connectivity index (χ4n) is 4.41. The number of hydrogen-bond acceptors (Lipinski definition) is 8. The lowest BCUT2D eigenvalue weighted by Gasteiger charge is -2.11. The number of carbonyl (C=O) groups is 2. The van der Waals surface area contributed by atoms with Gasteiger partial charge >= 0.3 is 5.97 Å². The third-order valence-corrected chi connectivity index (χ3v) is 6.34. The molecule has 2 aromatic heterocycles. The standard InChI is InChI=1S/C28H21N9O3/c38-27(29-23-6-2-4-20-3-1-5-22(26(20)23)28(39)40)21-13-11-19(12-14-21)18-9-7-17(8-10-18)16-37-33-25(32-36-37)15-24-30-34-35-31-24/h1-14H,15-16H2,(H,29,38)(H,39,40)(H,30,31,34,35). The molecule has 4 aromatic carbocycles. The van der Waals surface area contributed by atoms with Crippen molar-refractivity contribution in [3.63, 3.8) is 0 Å². The quantitative estimate of drug-likeness (QED) is 0.266. The molecular weight excluding hydrogens is 510 g/mol. The Hall–Kier alpha value is -5.78. The Bertz CT molecular complexity index is 1810. The van der Waals surface area contributed by atoms with Crippen LogP contribution in [0.2, 0.25) is 0 Å². The van der Waals surface area contributed by atoms with Crippen LogP contribution in [-0.2, 0) is 13.0 Å². The van der Waals surface area contributed by atoms with E-state index in [2.05, 4.69) is 41.4 Å². The third kappa shape index (κ3) is 5.13. The normalized spacial score (nSPS) is 11.0. The van der Waals surface area contributed by atoms with Gasteiger partial charge in [0.2, 0.25) is 0 Å². The maximum absolute atomic E-state index is 13.0. The molecule has 0 aliphatic carbocycles. The highest BCUT2D eigenvalue weighted by atomic mass is 16.4. The van der Waals surface area contributed by atoms with Crippen LogP contribution in [0.5, 0.6) is 0 Å². The summed E-state index contributed by atoms with van der Waals surface area (Å²) < 4.78 is 0. The molecule has 6 aromatic rings. The molecular formula is C28H21N9O3. The minimum Gasteiger partial charge on any atom is -0.478 e. The van der Waals surface area contributed by atoms with E-state index >= 15 is 0 Å². The molecule has 0 saturated carbocycles. The number of carboxylic acid groups (broad SMARTS) is 1. The van der Waals surface area contributed by atoms with Crippen LogP contribution in [0.1, 0.15) is 37.9 Å². The van der Waals surface area contributed by atoms with E-state index < -0.39 is 5.97 Å². The van der Waals surface area contributed by atoms with Crippen LogP contribution in [-0.4, -0.2) is 57.8 Å². The van der Waals surface area contributed by atoms with E-state index in [-0.39, 0.29) is 11.5 Å². The summed E-state index contributed by atoms with van der Waals surface area (Å²) in [6, 6.07) is 25.5. The van der Waals surface area contributed by atoms with Crippen molar-refractivity contribution < 1.29 is 14.7 Å². The second kappa shape index (κ2) is 10.5. The number of benzene rings is 4. The van der Waals surface area contributed by atoms with Crippen molar-refractivity contribution in [2.75, 3.05) is 5.32 Å². The SMILES string of the molecule is O=C(Nc1cccc2cccc(C(=O)O)c12)c1ccc(-c2ccc(Cn3nnc(Cc4nn[nH]n4)n3)cc2)cc1. The van der Waals surface area contributed by atoms with E-state index in [1.54, 1.807) is 30.3 Å². The average molecular weight is 532 g/mol. The lowest BCUT2D eigenvalue weighted by atomic mass is 10.0. The summed E-state index contributed by atoms with van der Waals surface area (Å²) in [5.41, 5.74) is 3.97. The molecule has 0 unspecified atom stereocenters. The molecule has 0 saturated heterocycles. The Morgan fingerprint density at radius 3 is 2.27 bits per heavy atom. The summed E-state index contributed by atoms with van der Waals surface area (Å²) in [6.07, 6.45) is 0.342. The molecule has 0 atom stereocenters. The van der Waals surface area contributed by atoms with Gasteiger partial charge in [0.1, 0.15) is 0 Å². The number of fused-ring (bicyclic) bond motifs is 1. The van der Waals surface area contributed by atoms with Gasteiger partial charge in [0.15, 0.2) is 11.6 Å². The zero-order valence-corrected chi connectivity index (χ0v) is 20.9. The second-order valence-corrected chi connectivity index (χ2v) is 8.98. The Morgan fingerprint density at radius 1 is 0.850 bits per heavy atom. The molecule has 0 bridgehead atoms. The molecule has 0 fully saturated rings. The van der Waals surface area contributed by atoms with Gasteiger partial charge in [0, 0.05) is 16.6 Å². The van der Waals surface area contributed by atoms with Gasteiger partial charge in [0.25, 0.3) is 5.91 Å². The van der Waals surface area contributed by atoms with Gasteiger partial charge in [-0.25, -0.2) is 4.79 Å². The molecule has 1 amide bonds. The molecule has 12 nitrogen and oxygen atoms in total. The van der Waals surface area contributed by atoms with Crippen LogP contribution in [0, 0.1) is 0 Å². The monoisotopic (exact) mass is 531 g/mol. The molecule has 2 heterocycles. The van der Waals surface area contributed by atoms with Gasteiger partial charge in [-0.05, 0) is 51.6 Å². The fraction of sp³-hybridized carbons (Fsp3) is 0.0714. The maximum atomic E-state index is 13.0. The van der Waals surface area contributed by atoms with Crippen molar-refractivity contribution in [1.82, 2.24) is 40.8 Å². The predicted molar refractivity (Wildman–Crippen MR) is 145 cm³/mol. The van der Waals surface area contributed by atoms with E-state index in [0.29, 0.717) is 41.3 Å². The van der Waals surface area contributed by atoms with E-state index in [4.69, 9.17) is 0 Å². The number of carboxylic acids is 1. The van der Waals surface area contributed by atoms with Crippen LogP contribution in [0.3, 0.4) is 0 Å². The number of aromatic amines is 1. The second-order valence-electron chi connectivity index (χ2n) is 8.98. The molecule has 6 rings (SSSR count). The summed E-state index contributed by atoms with van der Waals surface area (Å²) in [5.74, 6) is -0.377. The highest BCUT2D eigenvalue weighted by Crippen LogP contribution is 2.28. The lowest BCUT2D eigenvalue weighted by molar-refractivity contribution is 0.0698. The predicted octanol–water partition coefficient (Wildman–Crippen LogP) is 3.60. The van der Waals surface area contributed by atoms with Crippen molar-refractivity contribution >= 4 is 28.3 Å². The number of aromatic nitrogens is 8.